The third-order valence-corrected chi connectivity index (χ3v) is 5.14. The van der Waals surface area contributed by atoms with Crippen LogP contribution in [0.15, 0.2) is 89.3 Å². The lowest BCUT2D eigenvalue weighted by molar-refractivity contribution is -0.137. The summed E-state index contributed by atoms with van der Waals surface area (Å²) in [5.74, 6) is -0.0950. The van der Waals surface area contributed by atoms with Gasteiger partial charge in [-0.25, -0.2) is 14.8 Å². The Kier molecular flexibility index (Phi) is 4.80. The zero-order valence-corrected chi connectivity index (χ0v) is 16.5. The monoisotopic (exact) mass is 409 g/mol. The predicted molar refractivity (Wildman–Crippen MR) is 120 cm³/mol. The van der Waals surface area contributed by atoms with Crippen LogP contribution < -0.4 is 5.32 Å². The molecule has 0 saturated heterocycles. The Morgan fingerprint density at radius 3 is 2.32 bits per heavy atom. The van der Waals surface area contributed by atoms with Crippen molar-refractivity contribution in [2.45, 2.75) is 12.5 Å². The molecule has 1 atom stereocenters. The van der Waals surface area contributed by atoms with E-state index in [0.717, 1.165) is 16.5 Å². The van der Waals surface area contributed by atoms with Gasteiger partial charge in [-0.2, -0.15) is 0 Å². The van der Waals surface area contributed by atoms with E-state index in [4.69, 9.17) is 9.40 Å². The van der Waals surface area contributed by atoms with E-state index in [1.54, 1.807) is 0 Å². The van der Waals surface area contributed by atoms with Gasteiger partial charge in [0.15, 0.2) is 17.2 Å². The van der Waals surface area contributed by atoms with Crippen molar-refractivity contribution in [2.75, 3.05) is 5.32 Å². The van der Waals surface area contributed by atoms with Crippen LogP contribution in [0.2, 0.25) is 0 Å². The van der Waals surface area contributed by atoms with Gasteiger partial charge in [0, 0.05) is 17.4 Å². The molecule has 2 heterocycles. The van der Waals surface area contributed by atoms with Gasteiger partial charge in [0.1, 0.15) is 17.1 Å². The Morgan fingerprint density at radius 2 is 1.58 bits per heavy atom. The molecule has 0 saturated carbocycles. The van der Waals surface area contributed by atoms with Crippen molar-refractivity contribution in [3.63, 3.8) is 0 Å². The molecule has 6 heteroatoms. The van der Waals surface area contributed by atoms with Crippen molar-refractivity contribution in [3.05, 3.63) is 90.5 Å². The number of hydrogen-bond donors (Lipinski definition) is 2. The summed E-state index contributed by atoms with van der Waals surface area (Å²) in [6.07, 6.45) is 0.308. The number of carboxylic acid groups (broad SMARTS) is 1. The third-order valence-electron chi connectivity index (χ3n) is 5.14. The van der Waals surface area contributed by atoms with Crippen LogP contribution in [0.4, 0.5) is 5.82 Å². The normalized spacial score (nSPS) is 12.1. The lowest BCUT2D eigenvalue weighted by atomic mass is 10.1. The maximum Gasteiger partial charge on any atom is 0.326 e. The van der Waals surface area contributed by atoms with E-state index in [1.807, 2.05) is 84.9 Å². The molecule has 0 aliphatic rings. The largest absolute Gasteiger partial charge is 0.480 e. The summed E-state index contributed by atoms with van der Waals surface area (Å²) in [5, 5.41) is 13.8. The fourth-order valence-corrected chi connectivity index (χ4v) is 3.62. The molecule has 152 valence electrons. The number of nitrogens with one attached hydrogen (secondary N) is 1. The van der Waals surface area contributed by atoms with Crippen LogP contribution in [0.3, 0.4) is 0 Å². The highest BCUT2D eigenvalue weighted by molar-refractivity contribution is 6.06. The topological polar surface area (TPSA) is 88.2 Å². The summed E-state index contributed by atoms with van der Waals surface area (Å²) < 4.78 is 6.02. The molecule has 0 aliphatic carbocycles. The minimum Gasteiger partial charge on any atom is -0.480 e. The van der Waals surface area contributed by atoms with Gasteiger partial charge in [-0.1, -0.05) is 72.8 Å². The van der Waals surface area contributed by atoms with Crippen molar-refractivity contribution in [3.8, 4) is 11.4 Å². The van der Waals surface area contributed by atoms with Crippen LogP contribution in [-0.4, -0.2) is 27.1 Å². The average Bonchev–Trinajstić information content (AvgIpc) is 3.19. The van der Waals surface area contributed by atoms with Crippen LogP contribution in [0.5, 0.6) is 0 Å². The smallest absolute Gasteiger partial charge is 0.326 e. The van der Waals surface area contributed by atoms with Gasteiger partial charge in [-0.05, 0) is 17.7 Å². The number of benzene rings is 3. The Bertz CT molecular complexity index is 1360. The second kappa shape index (κ2) is 7.91. The van der Waals surface area contributed by atoms with E-state index in [2.05, 4.69) is 10.3 Å². The van der Waals surface area contributed by atoms with Gasteiger partial charge in [0.25, 0.3) is 0 Å². The number of para-hydroxylation sites is 1. The highest BCUT2D eigenvalue weighted by atomic mass is 16.4. The lowest BCUT2D eigenvalue weighted by Gasteiger charge is -2.16. The Labute approximate surface area is 178 Å². The number of aromatic nitrogens is 2. The number of rotatable bonds is 6. The Balaban J connectivity index is 1.64. The highest BCUT2D eigenvalue weighted by Crippen LogP contribution is 2.33. The predicted octanol–water partition coefficient (Wildman–Crippen LogP) is 5.15. The molecule has 0 bridgehead atoms. The summed E-state index contributed by atoms with van der Waals surface area (Å²) in [7, 11) is 0. The number of furan rings is 1. The minimum absolute atomic E-state index is 0.308. The molecule has 3 aromatic carbocycles. The molecule has 2 aromatic heterocycles. The number of anilines is 1. The molecule has 5 aromatic rings. The van der Waals surface area contributed by atoms with Crippen molar-refractivity contribution >= 4 is 33.9 Å². The summed E-state index contributed by atoms with van der Waals surface area (Å²) in [5.41, 5.74) is 3.53. The van der Waals surface area contributed by atoms with Gasteiger partial charge in [-0.15, -0.1) is 0 Å². The lowest BCUT2D eigenvalue weighted by Crippen LogP contribution is -2.32. The Hall–Kier alpha value is -4.19. The molecule has 2 N–H and O–H groups in total. The third kappa shape index (κ3) is 3.71. The molecule has 0 spiro atoms. The van der Waals surface area contributed by atoms with Crippen molar-refractivity contribution in [1.29, 1.82) is 0 Å². The second-order valence-corrected chi connectivity index (χ2v) is 7.26. The van der Waals surface area contributed by atoms with Gasteiger partial charge in [0.2, 0.25) is 0 Å². The molecule has 1 unspecified atom stereocenters. The van der Waals surface area contributed by atoms with Crippen LogP contribution >= 0.6 is 0 Å². The van der Waals surface area contributed by atoms with Gasteiger partial charge < -0.3 is 14.8 Å². The Morgan fingerprint density at radius 1 is 0.903 bits per heavy atom. The second-order valence-electron chi connectivity index (χ2n) is 7.26. The molecular formula is C25H19N3O3. The van der Waals surface area contributed by atoms with E-state index < -0.39 is 12.0 Å². The van der Waals surface area contributed by atoms with Crippen LogP contribution in [0.25, 0.3) is 33.5 Å². The number of fused-ring (bicyclic) bond motifs is 3. The van der Waals surface area contributed by atoms with Crippen molar-refractivity contribution in [2.24, 2.45) is 0 Å². The van der Waals surface area contributed by atoms with E-state index in [9.17, 15) is 9.90 Å². The zero-order chi connectivity index (χ0) is 21.2. The average molecular weight is 409 g/mol. The fraction of sp³-hybridized carbons (Fsp3) is 0.0800. The maximum absolute atomic E-state index is 12.0. The molecule has 5 rings (SSSR count). The van der Waals surface area contributed by atoms with Crippen molar-refractivity contribution < 1.29 is 14.3 Å². The van der Waals surface area contributed by atoms with Gasteiger partial charge >= 0.3 is 5.97 Å². The molecule has 0 radical (unpaired) electrons. The molecular weight excluding hydrogens is 390 g/mol. The van der Waals surface area contributed by atoms with Crippen LogP contribution in [-0.2, 0) is 11.2 Å². The SMILES string of the molecule is O=C(O)C(Cc1ccccc1)Nc1nc(-c2ccccc2)nc2c1oc1ccccc12. The summed E-state index contributed by atoms with van der Waals surface area (Å²) >= 11 is 0. The number of hydrogen-bond acceptors (Lipinski definition) is 5. The number of aliphatic carboxylic acids is 1. The maximum atomic E-state index is 12.0. The first kappa shape index (κ1) is 18.8. The summed E-state index contributed by atoms with van der Waals surface area (Å²) in [6.45, 7) is 0. The quantitative estimate of drug-likeness (QED) is 0.403. The van der Waals surface area contributed by atoms with E-state index >= 15 is 0 Å². The van der Waals surface area contributed by atoms with Gasteiger partial charge in [-0.3, -0.25) is 0 Å². The minimum atomic E-state index is -0.965. The molecule has 6 nitrogen and oxygen atoms in total. The van der Waals surface area contributed by atoms with Crippen molar-refractivity contribution in [1.82, 2.24) is 9.97 Å². The molecule has 0 amide bonds. The van der Waals surface area contributed by atoms with Gasteiger partial charge in [0.05, 0.1) is 0 Å². The zero-order valence-electron chi connectivity index (χ0n) is 16.5. The fourth-order valence-electron chi connectivity index (χ4n) is 3.62. The highest BCUT2D eigenvalue weighted by Gasteiger charge is 2.23. The first-order valence-electron chi connectivity index (χ1n) is 9.97. The number of carboxylic acids is 1. The van der Waals surface area contributed by atoms with E-state index in [-0.39, 0.29) is 0 Å². The number of carbonyl (C=O) groups is 1. The summed E-state index contributed by atoms with van der Waals surface area (Å²) in [6, 6.07) is 25.8. The first-order valence-corrected chi connectivity index (χ1v) is 9.97. The number of nitrogens with zero attached hydrogens (tertiary/aromatic N) is 2. The van der Waals surface area contributed by atoms with Crippen LogP contribution in [0.1, 0.15) is 5.56 Å². The summed E-state index contributed by atoms with van der Waals surface area (Å²) in [4.78, 5) is 21.4. The molecule has 0 fully saturated rings. The van der Waals surface area contributed by atoms with E-state index in [0.29, 0.717) is 34.7 Å². The first-order chi connectivity index (χ1) is 15.2. The van der Waals surface area contributed by atoms with Crippen LogP contribution in [0, 0.1) is 0 Å². The molecule has 0 aliphatic heterocycles. The standard InChI is InChI=1S/C25H19N3O3/c29-25(30)19(15-16-9-3-1-4-10-16)26-24-22-21(18-13-7-8-14-20(18)31-22)27-23(28-24)17-11-5-2-6-12-17/h1-14,19H,15H2,(H,29,30)(H,26,27,28). The van der Waals surface area contributed by atoms with E-state index in [1.165, 1.54) is 0 Å². The molecule has 31 heavy (non-hydrogen) atoms.